The number of hydrogen-bond acceptors (Lipinski definition) is 0. The van der Waals surface area contributed by atoms with Gasteiger partial charge in [0, 0.05) is 16.9 Å². The summed E-state index contributed by atoms with van der Waals surface area (Å²) in [5.41, 5.74) is 0. The molecule has 0 heterocycles. The highest BCUT2D eigenvalue weighted by molar-refractivity contribution is 14.1. The lowest BCUT2D eigenvalue weighted by atomic mass is 10.5. The standard InChI is InChI=1S/C8H15ISi/c1-10(2,3)8-6-4-5-7-9/h5,7-8H2,1-3H3. The molecule has 10 heavy (non-hydrogen) atoms. The van der Waals surface area contributed by atoms with E-state index in [4.69, 9.17) is 0 Å². The van der Waals surface area contributed by atoms with Gasteiger partial charge in [-0.05, 0) is 0 Å². The van der Waals surface area contributed by atoms with Crippen LogP contribution in [0.1, 0.15) is 6.42 Å². The first kappa shape index (κ1) is 10.5. The third-order valence-electron chi connectivity index (χ3n) is 0.963. The molecule has 58 valence electrons. The van der Waals surface area contributed by atoms with E-state index in [-0.39, 0.29) is 0 Å². The van der Waals surface area contributed by atoms with Crippen molar-refractivity contribution in [2.75, 3.05) is 4.43 Å². The van der Waals surface area contributed by atoms with Crippen LogP contribution in [0.25, 0.3) is 0 Å². The van der Waals surface area contributed by atoms with Gasteiger partial charge >= 0.3 is 0 Å². The average molecular weight is 266 g/mol. The lowest BCUT2D eigenvalue weighted by Crippen LogP contribution is -2.17. The average Bonchev–Trinajstić information content (AvgIpc) is 1.78. The SMILES string of the molecule is C[Si](C)(C)CC#CCCI. The van der Waals surface area contributed by atoms with Crippen LogP contribution in [-0.2, 0) is 0 Å². The Morgan fingerprint density at radius 1 is 1.20 bits per heavy atom. The maximum absolute atomic E-state index is 3.23. The summed E-state index contributed by atoms with van der Waals surface area (Å²) in [7, 11) is -0.883. The first-order valence-corrected chi connectivity index (χ1v) is 8.81. The van der Waals surface area contributed by atoms with Crippen molar-refractivity contribution >= 4 is 30.7 Å². The Bertz CT molecular complexity index is 136. The molecule has 0 aliphatic rings. The smallest absolute Gasteiger partial charge is 0.0573 e. The molecule has 0 saturated heterocycles. The second-order valence-corrected chi connectivity index (χ2v) is 10.1. The van der Waals surface area contributed by atoms with E-state index in [1.165, 1.54) is 0 Å². The molecule has 0 spiro atoms. The highest BCUT2D eigenvalue weighted by Gasteiger charge is 2.09. The Hall–Kier alpha value is 0.507. The summed E-state index contributed by atoms with van der Waals surface area (Å²) in [6.45, 7) is 7.06. The van der Waals surface area contributed by atoms with Crippen LogP contribution in [0, 0.1) is 11.8 Å². The van der Waals surface area contributed by atoms with E-state index < -0.39 is 8.07 Å². The molecule has 0 N–H and O–H groups in total. The summed E-state index contributed by atoms with van der Waals surface area (Å²) in [5, 5.41) is 0. The van der Waals surface area contributed by atoms with Crippen molar-refractivity contribution in [1.29, 1.82) is 0 Å². The molecule has 0 bridgehead atoms. The van der Waals surface area contributed by atoms with Gasteiger partial charge in [-0.15, -0.1) is 11.8 Å². The molecule has 0 nitrogen and oxygen atoms in total. The molecular formula is C8H15ISi. The molecular weight excluding hydrogens is 251 g/mol. The molecule has 0 aromatic heterocycles. The van der Waals surface area contributed by atoms with E-state index in [1.54, 1.807) is 0 Å². The zero-order chi connectivity index (χ0) is 8.04. The highest BCUT2D eigenvalue weighted by Crippen LogP contribution is 2.05. The topological polar surface area (TPSA) is 0 Å². The van der Waals surface area contributed by atoms with Crippen LogP contribution >= 0.6 is 22.6 Å². The van der Waals surface area contributed by atoms with Crippen molar-refractivity contribution in [2.45, 2.75) is 32.1 Å². The summed E-state index contributed by atoms with van der Waals surface area (Å²) in [6.07, 6.45) is 1.06. The fourth-order valence-corrected chi connectivity index (χ4v) is 1.39. The monoisotopic (exact) mass is 266 g/mol. The van der Waals surface area contributed by atoms with Gasteiger partial charge in [-0.25, -0.2) is 0 Å². The quantitative estimate of drug-likeness (QED) is 0.312. The number of halogens is 1. The molecule has 0 fully saturated rings. The Balaban J connectivity index is 3.46. The molecule has 0 saturated carbocycles. The lowest BCUT2D eigenvalue weighted by molar-refractivity contribution is 1.33. The second kappa shape index (κ2) is 5.20. The fourth-order valence-electron chi connectivity index (χ4n) is 0.463. The molecule has 0 aromatic carbocycles. The van der Waals surface area contributed by atoms with Gasteiger partial charge in [0.15, 0.2) is 0 Å². The summed E-state index contributed by atoms with van der Waals surface area (Å²) in [4.78, 5) is 0. The summed E-state index contributed by atoms with van der Waals surface area (Å²) >= 11 is 2.36. The molecule has 0 rings (SSSR count). The summed E-state index contributed by atoms with van der Waals surface area (Å²) in [6, 6.07) is 1.16. The van der Waals surface area contributed by atoms with Gasteiger partial charge in [-0.1, -0.05) is 42.2 Å². The molecule has 0 amide bonds. The van der Waals surface area contributed by atoms with E-state index in [2.05, 4.69) is 54.1 Å². The van der Waals surface area contributed by atoms with Gasteiger partial charge < -0.3 is 0 Å². The van der Waals surface area contributed by atoms with Gasteiger partial charge in [-0.2, -0.15) is 0 Å². The van der Waals surface area contributed by atoms with Crippen molar-refractivity contribution in [3.63, 3.8) is 0 Å². The molecule has 0 aromatic rings. The van der Waals surface area contributed by atoms with Crippen LogP contribution in [0.2, 0.25) is 25.7 Å². The van der Waals surface area contributed by atoms with Gasteiger partial charge in [0.25, 0.3) is 0 Å². The molecule has 0 aliphatic heterocycles. The van der Waals surface area contributed by atoms with Crippen LogP contribution < -0.4 is 0 Å². The Labute approximate surface area is 78.9 Å². The van der Waals surface area contributed by atoms with Crippen LogP contribution in [0.4, 0.5) is 0 Å². The first-order valence-electron chi connectivity index (χ1n) is 3.58. The molecule has 0 aliphatic carbocycles. The fraction of sp³-hybridized carbons (Fsp3) is 0.750. The largest absolute Gasteiger partial charge is 0.106 e. The second-order valence-electron chi connectivity index (χ2n) is 3.53. The Morgan fingerprint density at radius 3 is 2.20 bits per heavy atom. The summed E-state index contributed by atoms with van der Waals surface area (Å²) < 4.78 is 1.16. The summed E-state index contributed by atoms with van der Waals surface area (Å²) in [5.74, 6) is 6.40. The minimum Gasteiger partial charge on any atom is -0.106 e. The van der Waals surface area contributed by atoms with E-state index in [1.807, 2.05) is 0 Å². The highest BCUT2D eigenvalue weighted by atomic mass is 127. The van der Waals surface area contributed by atoms with E-state index in [9.17, 15) is 0 Å². The van der Waals surface area contributed by atoms with Crippen LogP contribution in [-0.4, -0.2) is 12.5 Å². The van der Waals surface area contributed by atoms with E-state index in [0.717, 1.165) is 16.9 Å². The molecule has 0 radical (unpaired) electrons. The van der Waals surface area contributed by atoms with Crippen LogP contribution in [0.5, 0.6) is 0 Å². The van der Waals surface area contributed by atoms with Crippen molar-refractivity contribution in [3.8, 4) is 11.8 Å². The third-order valence-corrected chi connectivity index (χ3v) is 2.74. The third kappa shape index (κ3) is 8.51. The Kier molecular flexibility index (Phi) is 5.46. The van der Waals surface area contributed by atoms with Crippen molar-refractivity contribution in [3.05, 3.63) is 0 Å². The van der Waals surface area contributed by atoms with Crippen molar-refractivity contribution in [1.82, 2.24) is 0 Å². The van der Waals surface area contributed by atoms with Crippen LogP contribution in [0.3, 0.4) is 0 Å². The maximum atomic E-state index is 3.23. The van der Waals surface area contributed by atoms with Gasteiger partial charge in [0.05, 0.1) is 8.07 Å². The lowest BCUT2D eigenvalue weighted by Gasteiger charge is -2.09. The minimum absolute atomic E-state index is 0.883. The number of hydrogen-bond donors (Lipinski definition) is 0. The predicted molar refractivity (Wildman–Crippen MR) is 59.4 cm³/mol. The van der Waals surface area contributed by atoms with Gasteiger partial charge in [0.2, 0.25) is 0 Å². The maximum Gasteiger partial charge on any atom is 0.0573 e. The number of alkyl halides is 1. The number of rotatable bonds is 2. The van der Waals surface area contributed by atoms with Crippen molar-refractivity contribution in [2.24, 2.45) is 0 Å². The first-order chi connectivity index (χ1) is 4.56. The molecule has 0 atom stereocenters. The van der Waals surface area contributed by atoms with Gasteiger partial charge in [0.1, 0.15) is 0 Å². The van der Waals surface area contributed by atoms with E-state index >= 15 is 0 Å². The van der Waals surface area contributed by atoms with Crippen LogP contribution in [0.15, 0.2) is 0 Å². The molecule has 2 heteroatoms. The molecule has 0 unspecified atom stereocenters. The Morgan fingerprint density at radius 2 is 1.80 bits per heavy atom. The zero-order valence-electron chi connectivity index (χ0n) is 7.00. The minimum atomic E-state index is -0.883. The van der Waals surface area contributed by atoms with E-state index in [0.29, 0.717) is 0 Å². The van der Waals surface area contributed by atoms with Gasteiger partial charge in [-0.3, -0.25) is 0 Å². The van der Waals surface area contributed by atoms with Crippen molar-refractivity contribution < 1.29 is 0 Å². The normalized spacial score (nSPS) is 10.4. The predicted octanol–water partition coefficient (Wildman–Crippen LogP) is 3.15. The zero-order valence-corrected chi connectivity index (χ0v) is 10.2.